The smallest absolute Gasteiger partial charge is 0.250 e. The summed E-state index contributed by atoms with van der Waals surface area (Å²) >= 11 is 0. The van der Waals surface area contributed by atoms with Gasteiger partial charge in [-0.15, -0.1) is 0 Å². The number of rotatable bonds is 6. The molecule has 0 aromatic heterocycles. The first-order valence-electron chi connectivity index (χ1n) is 7.88. The first-order valence-corrected chi connectivity index (χ1v) is 7.88. The highest BCUT2D eigenvalue weighted by atomic mass is 16.2. The van der Waals surface area contributed by atoms with Crippen LogP contribution in [-0.4, -0.2) is 24.3 Å². The number of anilines is 1. The van der Waals surface area contributed by atoms with Gasteiger partial charge in [0.05, 0.1) is 6.04 Å². The van der Waals surface area contributed by atoms with E-state index in [1.54, 1.807) is 17.9 Å². The second-order valence-corrected chi connectivity index (χ2v) is 5.86. The Bertz CT molecular complexity index is 578. The number of para-hydroxylation sites is 1. The zero-order valence-corrected chi connectivity index (χ0v) is 13.3. The molecule has 0 aliphatic carbocycles. The van der Waals surface area contributed by atoms with Crippen molar-refractivity contribution in [1.82, 2.24) is 0 Å². The summed E-state index contributed by atoms with van der Waals surface area (Å²) in [5.41, 5.74) is 7.81. The summed E-state index contributed by atoms with van der Waals surface area (Å²) in [4.78, 5) is 25.9. The predicted octanol–water partition coefficient (Wildman–Crippen LogP) is 2.46. The number of allylic oxidation sites excluding steroid dienone is 1. The molecule has 1 aliphatic heterocycles. The molecule has 0 saturated carbocycles. The summed E-state index contributed by atoms with van der Waals surface area (Å²) in [5, 5.41) is 0. The van der Waals surface area contributed by atoms with E-state index in [-0.39, 0.29) is 17.6 Å². The Hall–Kier alpha value is -1.94. The highest BCUT2D eigenvalue weighted by Gasteiger charge is 2.22. The number of nitrogens with zero attached hydrogens (tertiary/aromatic N) is 1. The number of benzene rings is 1. The minimum absolute atomic E-state index is 0.0170. The summed E-state index contributed by atoms with van der Waals surface area (Å²) in [5.74, 6) is 0.0902. The van der Waals surface area contributed by atoms with Gasteiger partial charge < -0.3 is 10.6 Å². The van der Waals surface area contributed by atoms with Gasteiger partial charge in [0.25, 0.3) is 5.91 Å². The number of ketones is 1. The average molecular weight is 300 g/mol. The number of hydrogen-bond donors (Lipinski definition) is 1. The number of nitrogens with two attached hydrogens (primary N) is 1. The van der Waals surface area contributed by atoms with E-state index in [1.165, 1.54) is 5.56 Å². The monoisotopic (exact) mass is 300 g/mol. The highest BCUT2D eigenvalue weighted by Crippen LogP contribution is 2.27. The van der Waals surface area contributed by atoms with Gasteiger partial charge in [0, 0.05) is 18.7 Å². The van der Waals surface area contributed by atoms with Crippen LogP contribution in [0.4, 0.5) is 5.69 Å². The topological polar surface area (TPSA) is 63.4 Å². The fourth-order valence-electron chi connectivity index (χ4n) is 2.67. The molecule has 4 nitrogen and oxygen atoms in total. The lowest BCUT2D eigenvalue weighted by Gasteiger charge is -2.16. The lowest BCUT2D eigenvalue weighted by Crippen LogP contribution is -2.28. The maximum absolute atomic E-state index is 12.4. The normalized spacial score (nSPS) is 16.6. The minimum atomic E-state index is -0.441. The van der Waals surface area contributed by atoms with Crippen LogP contribution in [0, 0.1) is 5.92 Å². The van der Waals surface area contributed by atoms with Crippen molar-refractivity contribution in [3.63, 3.8) is 0 Å². The average Bonchev–Trinajstić information content (AvgIpc) is 2.94. The molecule has 1 amide bonds. The van der Waals surface area contributed by atoms with Crippen LogP contribution in [0.2, 0.25) is 0 Å². The first-order chi connectivity index (χ1) is 10.5. The molecule has 22 heavy (non-hydrogen) atoms. The minimum Gasteiger partial charge on any atom is -0.322 e. The summed E-state index contributed by atoms with van der Waals surface area (Å²) in [6.45, 7) is 4.43. The maximum Gasteiger partial charge on any atom is 0.250 e. The van der Waals surface area contributed by atoms with Crippen LogP contribution in [0.1, 0.15) is 32.3 Å². The molecule has 0 spiro atoms. The Labute approximate surface area is 132 Å². The van der Waals surface area contributed by atoms with Gasteiger partial charge in [-0.05, 0) is 43.4 Å². The molecule has 0 saturated heterocycles. The molecule has 1 aromatic rings. The van der Waals surface area contributed by atoms with Gasteiger partial charge >= 0.3 is 0 Å². The first kappa shape index (κ1) is 16.4. The van der Waals surface area contributed by atoms with Gasteiger partial charge in [0.1, 0.15) is 5.78 Å². The van der Waals surface area contributed by atoms with Crippen LogP contribution in [-0.2, 0) is 16.0 Å². The quantitative estimate of drug-likeness (QED) is 0.821. The fraction of sp³-hybridized carbons (Fsp3) is 0.444. The number of hydrogen-bond acceptors (Lipinski definition) is 3. The van der Waals surface area contributed by atoms with E-state index < -0.39 is 6.04 Å². The van der Waals surface area contributed by atoms with Crippen molar-refractivity contribution in [3.8, 4) is 0 Å². The van der Waals surface area contributed by atoms with Crippen LogP contribution in [0.3, 0.4) is 0 Å². The lowest BCUT2D eigenvalue weighted by molar-refractivity contribution is -0.120. The van der Waals surface area contributed by atoms with Crippen LogP contribution in [0.25, 0.3) is 0 Å². The molecule has 1 heterocycles. The number of fused-ring (bicyclic) bond motifs is 1. The van der Waals surface area contributed by atoms with Gasteiger partial charge in [-0.2, -0.15) is 0 Å². The molecule has 0 fully saturated rings. The molecule has 0 radical (unpaired) electrons. The number of carbonyl (C=O) groups excluding carboxylic acids is 2. The molecular weight excluding hydrogens is 276 g/mol. The van der Waals surface area contributed by atoms with Crippen LogP contribution in [0.5, 0.6) is 0 Å². The Morgan fingerprint density at radius 1 is 1.36 bits per heavy atom. The van der Waals surface area contributed by atoms with E-state index in [2.05, 4.69) is 6.07 Å². The standard InChI is InChI=1S/C18H24N2O2/c1-3-14(12-17(21)13(2)19)8-9-18(22)20-11-10-15-6-4-5-7-16(15)20/h4-9,13-14H,3,10-12,19H2,1-2H3/b9-8+/t13-,14-/m0/s1. The van der Waals surface area contributed by atoms with Crippen LogP contribution in [0.15, 0.2) is 36.4 Å². The van der Waals surface area contributed by atoms with Gasteiger partial charge in [0.2, 0.25) is 0 Å². The van der Waals surface area contributed by atoms with Crippen LogP contribution < -0.4 is 10.6 Å². The second kappa shape index (κ2) is 7.36. The van der Waals surface area contributed by atoms with E-state index in [9.17, 15) is 9.59 Å². The Morgan fingerprint density at radius 2 is 2.09 bits per heavy atom. The molecular formula is C18H24N2O2. The summed E-state index contributed by atoms with van der Waals surface area (Å²) in [6, 6.07) is 7.54. The Kier molecular flexibility index (Phi) is 5.50. The van der Waals surface area contributed by atoms with E-state index in [0.717, 1.165) is 25.1 Å². The molecule has 2 N–H and O–H groups in total. The molecule has 4 heteroatoms. The van der Waals surface area contributed by atoms with Gasteiger partial charge in [-0.3, -0.25) is 9.59 Å². The van der Waals surface area contributed by atoms with Crippen molar-refractivity contribution in [2.45, 2.75) is 39.2 Å². The van der Waals surface area contributed by atoms with Crippen molar-refractivity contribution in [3.05, 3.63) is 42.0 Å². The molecule has 0 unspecified atom stereocenters. The molecule has 1 aromatic carbocycles. The van der Waals surface area contributed by atoms with E-state index in [4.69, 9.17) is 5.73 Å². The summed E-state index contributed by atoms with van der Waals surface area (Å²) in [7, 11) is 0. The second-order valence-electron chi connectivity index (χ2n) is 5.86. The van der Waals surface area contributed by atoms with Crippen LogP contribution >= 0.6 is 0 Å². The van der Waals surface area contributed by atoms with Crippen molar-refractivity contribution >= 4 is 17.4 Å². The summed E-state index contributed by atoms with van der Waals surface area (Å²) in [6.07, 6.45) is 5.57. The molecule has 2 rings (SSSR count). The van der Waals surface area contributed by atoms with Crippen molar-refractivity contribution < 1.29 is 9.59 Å². The molecule has 2 atom stereocenters. The Balaban J connectivity index is 2.00. The molecule has 118 valence electrons. The zero-order chi connectivity index (χ0) is 16.1. The third-order valence-electron chi connectivity index (χ3n) is 4.16. The third kappa shape index (κ3) is 3.83. The van der Waals surface area contributed by atoms with Crippen molar-refractivity contribution in [2.24, 2.45) is 11.7 Å². The van der Waals surface area contributed by atoms with E-state index in [1.807, 2.05) is 31.2 Å². The maximum atomic E-state index is 12.4. The zero-order valence-electron chi connectivity index (χ0n) is 13.3. The largest absolute Gasteiger partial charge is 0.322 e. The van der Waals surface area contributed by atoms with E-state index >= 15 is 0 Å². The van der Waals surface area contributed by atoms with Crippen molar-refractivity contribution in [1.29, 1.82) is 0 Å². The number of amides is 1. The SMILES string of the molecule is CC[C@@H](/C=C/C(=O)N1CCc2ccccc21)CC(=O)[C@H](C)N. The molecule has 0 bridgehead atoms. The van der Waals surface area contributed by atoms with Gasteiger partial charge in [-0.1, -0.05) is 31.2 Å². The Morgan fingerprint density at radius 3 is 2.77 bits per heavy atom. The highest BCUT2D eigenvalue weighted by molar-refractivity contribution is 6.02. The predicted molar refractivity (Wildman–Crippen MR) is 88.7 cm³/mol. The van der Waals surface area contributed by atoms with Crippen molar-refractivity contribution in [2.75, 3.05) is 11.4 Å². The number of carbonyl (C=O) groups is 2. The lowest BCUT2D eigenvalue weighted by atomic mass is 9.96. The van der Waals surface area contributed by atoms with Gasteiger partial charge in [-0.25, -0.2) is 0 Å². The third-order valence-corrected chi connectivity index (χ3v) is 4.16. The number of Topliss-reactive ketones (excluding diaryl/α,β-unsaturated/α-hetero) is 1. The van der Waals surface area contributed by atoms with Gasteiger partial charge in [0.15, 0.2) is 0 Å². The summed E-state index contributed by atoms with van der Waals surface area (Å²) < 4.78 is 0. The fourth-order valence-corrected chi connectivity index (χ4v) is 2.67. The molecule has 1 aliphatic rings. The van der Waals surface area contributed by atoms with E-state index in [0.29, 0.717) is 6.42 Å².